The van der Waals surface area contributed by atoms with E-state index in [1.165, 1.54) is 6.07 Å². The summed E-state index contributed by atoms with van der Waals surface area (Å²) in [4.78, 5) is 17.7. The van der Waals surface area contributed by atoms with E-state index in [-0.39, 0.29) is 5.56 Å². The van der Waals surface area contributed by atoms with Gasteiger partial charge in [0.2, 0.25) is 5.95 Å². The highest BCUT2D eigenvalue weighted by molar-refractivity contribution is 5.50. The highest BCUT2D eigenvalue weighted by Gasteiger charge is 2.21. The molecule has 0 aromatic carbocycles. The van der Waals surface area contributed by atoms with Gasteiger partial charge in [0.05, 0.1) is 0 Å². The lowest BCUT2D eigenvalue weighted by atomic mass is 9.97. The molecule has 2 aromatic rings. The van der Waals surface area contributed by atoms with Gasteiger partial charge in [-0.2, -0.15) is 10.1 Å². The highest BCUT2D eigenvalue weighted by atomic mass is 16.1. The number of nitrogens with zero attached hydrogens (tertiary/aromatic N) is 4. The molecule has 1 saturated heterocycles. The number of hydrogen-bond acceptors (Lipinski definition) is 6. The lowest BCUT2D eigenvalue weighted by molar-refractivity contribution is 0.391. The van der Waals surface area contributed by atoms with Crippen LogP contribution >= 0.6 is 0 Å². The van der Waals surface area contributed by atoms with Gasteiger partial charge in [0, 0.05) is 19.2 Å². The van der Waals surface area contributed by atoms with Crippen molar-refractivity contribution in [1.82, 2.24) is 30.7 Å². The van der Waals surface area contributed by atoms with Gasteiger partial charge in [-0.25, -0.2) is 5.10 Å². The lowest BCUT2D eigenvalue weighted by Gasteiger charge is -2.30. The zero-order valence-corrected chi connectivity index (χ0v) is 12.0. The minimum absolute atomic E-state index is 0.231. The first-order valence-electron chi connectivity index (χ1n) is 7.14. The molecule has 21 heavy (non-hydrogen) atoms. The number of piperidine rings is 1. The first kappa shape index (κ1) is 13.7. The predicted octanol–water partition coefficient (Wildman–Crippen LogP) is -0.00920. The smallest absolute Gasteiger partial charge is 0.264 e. The van der Waals surface area contributed by atoms with Gasteiger partial charge in [0.15, 0.2) is 5.82 Å². The van der Waals surface area contributed by atoms with Crippen molar-refractivity contribution in [3.05, 3.63) is 22.5 Å². The van der Waals surface area contributed by atoms with E-state index >= 15 is 0 Å². The molecule has 0 aliphatic carbocycles. The molecule has 3 rings (SSSR count). The maximum absolute atomic E-state index is 11.0. The van der Waals surface area contributed by atoms with E-state index in [9.17, 15) is 4.79 Å². The molecule has 0 radical (unpaired) electrons. The van der Waals surface area contributed by atoms with Crippen molar-refractivity contribution < 1.29 is 0 Å². The SMILES string of the molecule is CNCC1CCN(c2n[nH]c(-c3ccc(=O)[nH]n3)n2)CC1. The van der Waals surface area contributed by atoms with Gasteiger partial charge in [-0.15, -0.1) is 5.10 Å². The van der Waals surface area contributed by atoms with Crippen LogP contribution in [0.15, 0.2) is 16.9 Å². The molecule has 3 N–H and O–H groups in total. The second kappa shape index (κ2) is 6.04. The number of nitrogens with one attached hydrogen (secondary N) is 3. The molecule has 0 saturated carbocycles. The minimum Gasteiger partial charge on any atom is -0.340 e. The summed E-state index contributed by atoms with van der Waals surface area (Å²) in [5.41, 5.74) is 0.350. The molecule has 1 fully saturated rings. The molecule has 3 heterocycles. The number of aromatic nitrogens is 5. The van der Waals surface area contributed by atoms with Crippen LogP contribution in [0.4, 0.5) is 5.95 Å². The molecule has 0 spiro atoms. The van der Waals surface area contributed by atoms with E-state index in [4.69, 9.17) is 0 Å². The van der Waals surface area contributed by atoms with Crippen LogP contribution in [0.1, 0.15) is 12.8 Å². The fraction of sp³-hybridized carbons (Fsp3) is 0.538. The van der Waals surface area contributed by atoms with Gasteiger partial charge in [-0.05, 0) is 38.4 Å². The van der Waals surface area contributed by atoms with Crippen LogP contribution in [0.3, 0.4) is 0 Å². The second-order valence-corrected chi connectivity index (χ2v) is 5.28. The summed E-state index contributed by atoms with van der Waals surface area (Å²) in [7, 11) is 1.99. The molecule has 8 nitrogen and oxygen atoms in total. The third-order valence-electron chi connectivity index (χ3n) is 3.79. The normalized spacial score (nSPS) is 16.3. The van der Waals surface area contributed by atoms with Crippen molar-refractivity contribution in [1.29, 1.82) is 0 Å². The van der Waals surface area contributed by atoms with Crippen LogP contribution in [0.25, 0.3) is 11.5 Å². The van der Waals surface area contributed by atoms with Gasteiger partial charge < -0.3 is 10.2 Å². The van der Waals surface area contributed by atoms with Crippen molar-refractivity contribution >= 4 is 5.95 Å². The summed E-state index contributed by atoms with van der Waals surface area (Å²) in [6, 6.07) is 3.05. The molecule has 0 unspecified atom stereocenters. The van der Waals surface area contributed by atoms with Crippen molar-refractivity contribution in [2.75, 3.05) is 31.6 Å². The Labute approximate surface area is 122 Å². The van der Waals surface area contributed by atoms with Crippen molar-refractivity contribution in [3.63, 3.8) is 0 Å². The summed E-state index contributed by atoms with van der Waals surface area (Å²) in [5.74, 6) is 1.99. The first-order chi connectivity index (χ1) is 10.3. The van der Waals surface area contributed by atoms with Crippen LogP contribution in [0.2, 0.25) is 0 Å². The second-order valence-electron chi connectivity index (χ2n) is 5.28. The predicted molar refractivity (Wildman–Crippen MR) is 79.1 cm³/mol. The van der Waals surface area contributed by atoms with Crippen molar-refractivity contribution in [2.24, 2.45) is 5.92 Å². The zero-order chi connectivity index (χ0) is 14.7. The highest BCUT2D eigenvalue weighted by Crippen LogP contribution is 2.21. The van der Waals surface area contributed by atoms with Crippen LogP contribution in [0, 0.1) is 5.92 Å². The average molecular weight is 289 g/mol. The van der Waals surface area contributed by atoms with Crippen LogP contribution < -0.4 is 15.8 Å². The Balaban J connectivity index is 1.68. The molecule has 0 amide bonds. The summed E-state index contributed by atoms with van der Waals surface area (Å²) >= 11 is 0. The van der Waals surface area contributed by atoms with Gasteiger partial charge in [0.25, 0.3) is 5.56 Å². The van der Waals surface area contributed by atoms with Crippen molar-refractivity contribution in [3.8, 4) is 11.5 Å². The Hall–Kier alpha value is -2.22. The third kappa shape index (κ3) is 3.10. The number of hydrogen-bond donors (Lipinski definition) is 3. The van der Waals surface area contributed by atoms with Crippen LogP contribution in [-0.4, -0.2) is 52.1 Å². The Morgan fingerprint density at radius 1 is 1.29 bits per heavy atom. The topological polar surface area (TPSA) is 103 Å². The molecule has 1 aliphatic rings. The fourth-order valence-electron chi connectivity index (χ4n) is 2.61. The zero-order valence-electron chi connectivity index (χ0n) is 12.0. The Morgan fingerprint density at radius 3 is 2.76 bits per heavy atom. The summed E-state index contributed by atoms with van der Waals surface area (Å²) in [6.07, 6.45) is 2.28. The van der Waals surface area contributed by atoms with E-state index in [0.29, 0.717) is 17.5 Å². The quantitative estimate of drug-likeness (QED) is 0.731. The monoisotopic (exact) mass is 289 g/mol. The van der Waals surface area contributed by atoms with E-state index in [1.807, 2.05) is 7.05 Å². The van der Waals surface area contributed by atoms with E-state index in [0.717, 1.165) is 38.4 Å². The number of aromatic amines is 2. The van der Waals surface area contributed by atoms with Crippen molar-refractivity contribution in [2.45, 2.75) is 12.8 Å². The van der Waals surface area contributed by atoms with Gasteiger partial charge in [-0.3, -0.25) is 9.89 Å². The molecule has 0 bridgehead atoms. The third-order valence-corrected chi connectivity index (χ3v) is 3.79. The Kier molecular flexibility index (Phi) is 3.96. The van der Waals surface area contributed by atoms with E-state index in [2.05, 4.69) is 35.6 Å². The minimum atomic E-state index is -0.231. The maximum Gasteiger partial charge on any atom is 0.264 e. The molecule has 2 aromatic heterocycles. The Bertz CT molecular complexity index is 621. The molecule has 0 atom stereocenters. The number of H-pyrrole nitrogens is 2. The largest absolute Gasteiger partial charge is 0.340 e. The van der Waals surface area contributed by atoms with E-state index in [1.54, 1.807) is 6.07 Å². The first-order valence-corrected chi connectivity index (χ1v) is 7.14. The number of anilines is 1. The molecule has 8 heteroatoms. The standard InChI is InChI=1S/C13H19N7O/c1-14-8-9-4-6-20(7-5-9)13-15-12(18-19-13)10-2-3-11(21)17-16-10/h2-3,9,14H,4-8H2,1H3,(H,17,21)(H,15,18,19). The molecular formula is C13H19N7O. The summed E-state index contributed by atoms with van der Waals surface area (Å²) in [6.45, 7) is 2.99. The van der Waals surface area contributed by atoms with Crippen LogP contribution in [0.5, 0.6) is 0 Å². The number of rotatable bonds is 4. The molecule has 112 valence electrons. The van der Waals surface area contributed by atoms with Crippen LogP contribution in [-0.2, 0) is 0 Å². The average Bonchev–Trinajstić information content (AvgIpc) is 2.99. The fourth-order valence-corrected chi connectivity index (χ4v) is 2.61. The van der Waals surface area contributed by atoms with Gasteiger partial charge in [-0.1, -0.05) is 0 Å². The summed E-state index contributed by atoms with van der Waals surface area (Å²) in [5, 5.41) is 16.7. The van der Waals surface area contributed by atoms with Gasteiger partial charge >= 0.3 is 0 Å². The summed E-state index contributed by atoms with van der Waals surface area (Å²) < 4.78 is 0. The lowest BCUT2D eigenvalue weighted by Crippen LogP contribution is -2.37. The maximum atomic E-state index is 11.0. The molecule has 1 aliphatic heterocycles. The van der Waals surface area contributed by atoms with Gasteiger partial charge in [0.1, 0.15) is 5.69 Å². The Morgan fingerprint density at radius 2 is 2.10 bits per heavy atom. The molecular weight excluding hydrogens is 270 g/mol. The van der Waals surface area contributed by atoms with E-state index < -0.39 is 0 Å².